The Hall–Kier alpha value is 0.400. The van der Waals surface area contributed by atoms with Crippen molar-refractivity contribution in [1.82, 2.24) is 4.90 Å². The minimum absolute atomic E-state index is 0.547. The van der Waals surface area contributed by atoms with Gasteiger partial charge in [-0.1, -0.05) is 22.9 Å². The number of nitrogens with zero attached hydrogens (tertiary/aromatic N) is 1. The first-order valence-electron chi connectivity index (χ1n) is 5.73. The maximum atomic E-state index is 5.79. The topological polar surface area (TPSA) is 12.5 Å². The predicted octanol–water partition coefficient (Wildman–Crippen LogP) is 2.27. The van der Waals surface area contributed by atoms with Gasteiger partial charge >= 0.3 is 0 Å². The molecule has 0 N–H and O–H groups in total. The Bertz CT molecular complexity index is 188. The summed E-state index contributed by atoms with van der Waals surface area (Å²) < 4.78 is 5.79. The second-order valence-electron chi connectivity index (χ2n) is 4.66. The number of hydrogen-bond donors (Lipinski definition) is 0. The molecule has 3 unspecified atom stereocenters. The molecule has 82 valence electrons. The number of alkyl halides is 1. The third-order valence-corrected chi connectivity index (χ3v) is 4.51. The standard InChI is InChI=1S/C11H20BrNO/c1-9(7-12)8-13-5-6-14-11-4-2-3-10(11)13/h9-11H,2-8H2,1H3. The van der Waals surface area contributed by atoms with E-state index < -0.39 is 0 Å². The van der Waals surface area contributed by atoms with Crippen molar-refractivity contribution in [3.05, 3.63) is 0 Å². The van der Waals surface area contributed by atoms with Crippen LogP contribution in [0, 0.1) is 5.92 Å². The lowest BCUT2D eigenvalue weighted by Gasteiger charge is -2.38. The van der Waals surface area contributed by atoms with Gasteiger partial charge in [0, 0.05) is 24.5 Å². The molecule has 0 aromatic rings. The maximum Gasteiger partial charge on any atom is 0.0730 e. The van der Waals surface area contributed by atoms with Gasteiger partial charge in [0.2, 0.25) is 0 Å². The zero-order valence-electron chi connectivity index (χ0n) is 8.92. The average molecular weight is 262 g/mol. The summed E-state index contributed by atoms with van der Waals surface area (Å²) >= 11 is 3.56. The van der Waals surface area contributed by atoms with Gasteiger partial charge < -0.3 is 4.74 Å². The number of halogens is 1. The molecule has 14 heavy (non-hydrogen) atoms. The van der Waals surface area contributed by atoms with Crippen LogP contribution in [0.25, 0.3) is 0 Å². The second-order valence-corrected chi connectivity index (χ2v) is 5.31. The van der Waals surface area contributed by atoms with Crippen LogP contribution in [0.5, 0.6) is 0 Å². The van der Waals surface area contributed by atoms with Crippen molar-refractivity contribution in [2.45, 2.75) is 38.3 Å². The van der Waals surface area contributed by atoms with E-state index in [-0.39, 0.29) is 0 Å². The fourth-order valence-electron chi connectivity index (χ4n) is 2.68. The summed E-state index contributed by atoms with van der Waals surface area (Å²) in [6.45, 7) is 5.62. The van der Waals surface area contributed by atoms with Gasteiger partial charge in [-0.15, -0.1) is 0 Å². The minimum Gasteiger partial charge on any atom is -0.375 e. The van der Waals surface area contributed by atoms with Crippen LogP contribution in [-0.2, 0) is 4.74 Å². The molecule has 0 aromatic heterocycles. The van der Waals surface area contributed by atoms with Gasteiger partial charge in [0.1, 0.15) is 0 Å². The molecule has 3 heteroatoms. The summed E-state index contributed by atoms with van der Waals surface area (Å²) in [4.78, 5) is 2.65. The number of rotatable bonds is 3. The van der Waals surface area contributed by atoms with Crippen molar-refractivity contribution in [3.8, 4) is 0 Å². The summed E-state index contributed by atoms with van der Waals surface area (Å²) in [6.07, 6.45) is 4.53. The van der Waals surface area contributed by atoms with Crippen LogP contribution in [-0.4, -0.2) is 42.1 Å². The van der Waals surface area contributed by atoms with Gasteiger partial charge in [-0.05, 0) is 25.2 Å². The molecule has 0 aromatic carbocycles. The first kappa shape index (κ1) is 10.9. The lowest BCUT2D eigenvalue weighted by molar-refractivity contribution is -0.0586. The largest absolute Gasteiger partial charge is 0.375 e. The Morgan fingerprint density at radius 1 is 1.50 bits per heavy atom. The van der Waals surface area contributed by atoms with Crippen molar-refractivity contribution in [3.63, 3.8) is 0 Å². The van der Waals surface area contributed by atoms with Crippen molar-refractivity contribution < 1.29 is 4.74 Å². The molecule has 2 nitrogen and oxygen atoms in total. The van der Waals surface area contributed by atoms with E-state index in [4.69, 9.17) is 4.74 Å². The van der Waals surface area contributed by atoms with Crippen LogP contribution in [0.2, 0.25) is 0 Å². The van der Waals surface area contributed by atoms with Crippen molar-refractivity contribution in [1.29, 1.82) is 0 Å². The Labute approximate surface area is 95.1 Å². The van der Waals surface area contributed by atoms with Crippen molar-refractivity contribution in [2.24, 2.45) is 5.92 Å². The fraction of sp³-hybridized carbons (Fsp3) is 1.00. The van der Waals surface area contributed by atoms with Crippen molar-refractivity contribution in [2.75, 3.05) is 25.0 Å². The first-order chi connectivity index (χ1) is 6.81. The normalized spacial score (nSPS) is 35.6. The summed E-state index contributed by atoms with van der Waals surface area (Å²) in [5, 5.41) is 1.11. The molecule has 3 atom stereocenters. The molecule has 0 bridgehead atoms. The third kappa shape index (κ3) is 2.31. The van der Waals surface area contributed by atoms with Crippen LogP contribution in [0.15, 0.2) is 0 Å². The number of hydrogen-bond acceptors (Lipinski definition) is 2. The van der Waals surface area contributed by atoms with Gasteiger partial charge in [-0.25, -0.2) is 0 Å². The van der Waals surface area contributed by atoms with Crippen LogP contribution < -0.4 is 0 Å². The molecule has 0 spiro atoms. The first-order valence-corrected chi connectivity index (χ1v) is 6.85. The molecule has 0 radical (unpaired) electrons. The quantitative estimate of drug-likeness (QED) is 0.723. The Morgan fingerprint density at radius 2 is 2.36 bits per heavy atom. The molecular formula is C11H20BrNO. The van der Waals surface area contributed by atoms with E-state index in [9.17, 15) is 0 Å². The smallest absolute Gasteiger partial charge is 0.0730 e. The Balaban J connectivity index is 1.90. The molecule has 2 aliphatic rings. The van der Waals surface area contributed by atoms with E-state index in [2.05, 4.69) is 27.8 Å². The molecule has 2 fully saturated rings. The molecular weight excluding hydrogens is 242 g/mol. The molecule has 0 amide bonds. The van der Waals surface area contributed by atoms with E-state index in [1.807, 2.05) is 0 Å². The van der Waals surface area contributed by atoms with Crippen molar-refractivity contribution >= 4 is 15.9 Å². The fourth-order valence-corrected chi connectivity index (χ4v) is 2.89. The van der Waals surface area contributed by atoms with Crippen LogP contribution in [0.1, 0.15) is 26.2 Å². The van der Waals surface area contributed by atoms with Crippen LogP contribution in [0.4, 0.5) is 0 Å². The highest BCUT2D eigenvalue weighted by Crippen LogP contribution is 2.30. The lowest BCUT2D eigenvalue weighted by Crippen LogP contribution is -2.49. The SMILES string of the molecule is CC(CBr)CN1CCOC2CCCC21. The second kappa shape index (κ2) is 4.95. The minimum atomic E-state index is 0.547. The highest BCUT2D eigenvalue weighted by molar-refractivity contribution is 9.09. The summed E-state index contributed by atoms with van der Waals surface area (Å²) in [7, 11) is 0. The van der Waals surface area contributed by atoms with Gasteiger partial charge in [0.25, 0.3) is 0 Å². The van der Waals surface area contributed by atoms with Crippen LogP contribution >= 0.6 is 15.9 Å². The zero-order valence-corrected chi connectivity index (χ0v) is 10.5. The highest BCUT2D eigenvalue weighted by atomic mass is 79.9. The third-order valence-electron chi connectivity index (χ3n) is 3.41. The zero-order chi connectivity index (χ0) is 9.97. The molecule has 1 saturated carbocycles. The van der Waals surface area contributed by atoms with Gasteiger partial charge in [-0.3, -0.25) is 4.90 Å². The number of ether oxygens (including phenoxy) is 1. The van der Waals surface area contributed by atoms with E-state index in [0.717, 1.165) is 30.4 Å². The Kier molecular flexibility index (Phi) is 3.86. The molecule has 1 aliphatic heterocycles. The average Bonchev–Trinajstić information content (AvgIpc) is 2.66. The van der Waals surface area contributed by atoms with E-state index in [0.29, 0.717) is 6.10 Å². The number of fused-ring (bicyclic) bond motifs is 1. The molecule has 1 aliphatic carbocycles. The summed E-state index contributed by atoms with van der Waals surface area (Å²) in [6, 6.07) is 0.727. The lowest BCUT2D eigenvalue weighted by atomic mass is 10.1. The maximum absolute atomic E-state index is 5.79. The summed E-state index contributed by atoms with van der Waals surface area (Å²) in [5.74, 6) is 0.759. The Morgan fingerprint density at radius 3 is 3.14 bits per heavy atom. The predicted molar refractivity (Wildman–Crippen MR) is 61.9 cm³/mol. The monoisotopic (exact) mass is 261 g/mol. The van der Waals surface area contributed by atoms with E-state index in [1.54, 1.807) is 0 Å². The molecule has 1 heterocycles. The molecule has 1 saturated heterocycles. The number of morpholine rings is 1. The van der Waals surface area contributed by atoms with Gasteiger partial charge in [-0.2, -0.15) is 0 Å². The molecule has 2 rings (SSSR count). The van der Waals surface area contributed by atoms with Crippen LogP contribution in [0.3, 0.4) is 0 Å². The van der Waals surface area contributed by atoms with E-state index in [1.165, 1.54) is 25.8 Å². The summed E-state index contributed by atoms with van der Waals surface area (Å²) in [5.41, 5.74) is 0. The van der Waals surface area contributed by atoms with E-state index >= 15 is 0 Å². The highest BCUT2D eigenvalue weighted by Gasteiger charge is 2.35. The van der Waals surface area contributed by atoms with Gasteiger partial charge in [0.15, 0.2) is 0 Å². The van der Waals surface area contributed by atoms with Gasteiger partial charge in [0.05, 0.1) is 12.7 Å².